The molecule has 142 valence electrons. The highest BCUT2D eigenvalue weighted by Gasteiger charge is 2.29. The van der Waals surface area contributed by atoms with Crippen LogP contribution in [0.3, 0.4) is 0 Å². The first-order valence-corrected chi connectivity index (χ1v) is 9.14. The Kier molecular flexibility index (Phi) is 5.04. The van der Waals surface area contributed by atoms with E-state index < -0.39 is 6.10 Å². The molecule has 0 saturated carbocycles. The van der Waals surface area contributed by atoms with Gasteiger partial charge in [0.15, 0.2) is 6.10 Å². The molecule has 4 rings (SSSR count). The molecule has 1 aromatic heterocycles. The lowest BCUT2D eigenvalue weighted by Crippen LogP contribution is -2.40. The highest BCUT2D eigenvalue weighted by atomic mass is 35.5. The fourth-order valence-corrected chi connectivity index (χ4v) is 3.02. The Bertz CT molecular complexity index is 1010. The first-order chi connectivity index (χ1) is 13.6. The molecule has 1 aliphatic heterocycles. The van der Waals surface area contributed by atoms with Crippen molar-refractivity contribution in [3.05, 3.63) is 71.4 Å². The van der Waals surface area contributed by atoms with Crippen LogP contribution in [0.2, 0.25) is 5.02 Å². The van der Waals surface area contributed by atoms with Gasteiger partial charge in [-0.1, -0.05) is 23.7 Å². The highest BCUT2D eigenvalue weighted by molar-refractivity contribution is 6.30. The third-order valence-corrected chi connectivity index (χ3v) is 4.58. The molecule has 0 saturated heterocycles. The maximum atomic E-state index is 12.2. The molecule has 28 heavy (non-hydrogen) atoms. The number of carbonyl (C=O) groups is 2. The number of anilines is 1. The molecule has 1 atom stereocenters. The van der Waals surface area contributed by atoms with E-state index in [0.29, 0.717) is 28.0 Å². The predicted octanol–water partition coefficient (Wildman–Crippen LogP) is 4.01. The summed E-state index contributed by atoms with van der Waals surface area (Å²) in [5.41, 5.74) is 1.50. The monoisotopic (exact) mass is 396 g/mol. The molecule has 0 radical (unpaired) electrons. The lowest BCUT2D eigenvalue weighted by atomic mass is 10.1. The van der Waals surface area contributed by atoms with Crippen LogP contribution in [0.5, 0.6) is 5.75 Å². The average Bonchev–Trinajstić information content (AvgIpc) is 3.16. The van der Waals surface area contributed by atoms with Crippen molar-refractivity contribution < 1.29 is 18.7 Å². The number of hydrogen-bond acceptors (Lipinski definition) is 4. The topological polar surface area (TPSA) is 80.6 Å². The van der Waals surface area contributed by atoms with E-state index in [1.165, 1.54) is 0 Å². The van der Waals surface area contributed by atoms with Gasteiger partial charge in [0.2, 0.25) is 5.91 Å². The standard InChI is InChI=1S/C21H17ClN2O4/c22-14-7-5-13(6-8-14)17-10-9-15(27-17)12-23-20(25)11-19-21(26)24-16-3-1-2-4-18(16)28-19/h1-10,19H,11-12H2,(H,23,25)(H,24,26)/t19-/m1/s1. The molecule has 1 aliphatic rings. The van der Waals surface area contributed by atoms with E-state index in [1.807, 2.05) is 24.3 Å². The Balaban J connectivity index is 1.33. The zero-order chi connectivity index (χ0) is 19.5. The minimum atomic E-state index is -0.865. The van der Waals surface area contributed by atoms with Crippen LogP contribution >= 0.6 is 11.6 Å². The fourth-order valence-electron chi connectivity index (χ4n) is 2.90. The van der Waals surface area contributed by atoms with Gasteiger partial charge in [-0.15, -0.1) is 0 Å². The smallest absolute Gasteiger partial charge is 0.266 e. The number of benzene rings is 2. The number of carbonyl (C=O) groups excluding carboxylic acids is 2. The van der Waals surface area contributed by atoms with Crippen LogP contribution in [0.25, 0.3) is 11.3 Å². The van der Waals surface area contributed by atoms with Gasteiger partial charge in [0.1, 0.15) is 17.3 Å². The lowest BCUT2D eigenvalue weighted by molar-refractivity contribution is -0.130. The van der Waals surface area contributed by atoms with Crippen molar-refractivity contribution in [3.63, 3.8) is 0 Å². The highest BCUT2D eigenvalue weighted by Crippen LogP contribution is 2.29. The van der Waals surface area contributed by atoms with Gasteiger partial charge in [0.25, 0.3) is 5.91 Å². The second-order valence-electron chi connectivity index (χ2n) is 6.35. The molecule has 2 heterocycles. The van der Waals surface area contributed by atoms with Crippen LogP contribution in [0.1, 0.15) is 12.2 Å². The maximum Gasteiger partial charge on any atom is 0.266 e. The molecule has 0 fully saturated rings. The summed E-state index contributed by atoms with van der Waals surface area (Å²) in [7, 11) is 0. The number of hydrogen-bond donors (Lipinski definition) is 2. The molecular weight excluding hydrogens is 380 g/mol. The van der Waals surface area contributed by atoms with Crippen molar-refractivity contribution in [2.24, 2.45) is 0 Å². The van der Waals surface area contributed by atoms with Crippen LogP contribution < -0.4 is 15.4 Å². The molecule has 0 unspecified atom stereocenters. The molecule has 0 aliphatic carbocycles. The molecule has 7 heteroatoms. The summed E-state index contributed by atoms with van der Waals surface area (Å²) in [6.07, 6.45) is -0.943. The number of amides is 2. The van der Waals surface area contributed by atoms with Gasteiger partial charge in [0.05, 0.1) is 18.7 Å². The summed E-state index contributed by atoms with van der Waals surface area (Å²) >= 11 is 5.89. The van der Waals surface area contributed by atoms with Crippen molar-refractivity contribution in [1.29, 1.82) is 0 Å². The predicted molar refractivity (Wildman–Crippen MR) is 105 cm³/mol. The van der Waals surface area contributed by atoms with Crippen LogP contribution in [0, 0.1) is 0 Å². The number of fused-ring (bicyclic) bond motifs is 1. The quantitative estimate of drug-likeness (QED) is 0.683. The van der Waals surface area contributed by atoms with E-state index in [4.69, 9.17) is 20.8 Å². The molecule has 2 aromatic carbocycles. The first kappa shape index (κ1) is 18.1. The third-order valence-electron chi connectivity index (χ3n) is 4.33. The van der Waals surface area contributed by atoms with Gasteiger partial charge < -0.3 is 19.8 Å². The Morgan fingerprint density at radius 3 is 2.68 bits per heavy atom. The van der Waals surface area contributed by atoms with E-state index in [1.54, 1.807) is 36.4 Å². The summed E-state index contributed by atoms with van der Waals surface area (Å²) in [6, 6.07) is 18.0. The second kappa shape index (κ2) is 7.78. The summed E-state index contributed by atoms with van der Waals surface area (Å²) in [5, 5.41) is 6.15. The van der Waals surface area contributed by atoms with Gasteiger partial charge >= 0.3 is 0 Å². The SMILES string of the molecule is O=C(C[C@H]1Oc2ccccc2NC1=O)NCc1ccc(-c2ccc(Cl)cc2)o1. The normalized spacial score (nSPS) is 15.3. The van der Waals surface area contributed by atoms with Crippen molar-refractivity contribution in [1.82, 2.24) is 5.32 Å². The van der Waals surface area contributed by atoms with Crippen LogP contribution in [0.15, 0.2) is 65.1 Å². The van der Waals surface area contributed by atoms with Crippen LogP contribution in [0.4, 0.5) is 5.69 Å². The van der Waals surface area contributed by atoms with Crippen molar-refractivity contribution in [2.75, 3.05) is 5.32 Å². The third kappa shape index (κ3) is 4.02. The van der Waals surface area contributed by atoms with E-state index in [0.717, 1.165) is 5.56 Å². The Labute approximate surface area is 166 Å². The Morgan fingerprint density at radius 1 is 1.07 bits per heavy atom. The number of nitrogens with one attached hydrogen (secondary N) is 2. The molecule has 2 N–H and O–H groups in total. The van der Waals surface area contributed by atoms with Gasteiger partial charge in [-0.3, -0.25) is 9.59 Å². The largest absolute Gasteiger partial charge is 0.478 e. The lowest BCUT2D eigenvalue weighted by Gasteiger charge is -2.25. The number of para-hydroxylation sites is 2. The zero-order valence-electron chi connectivity index (χ0n) is 14.8. The Morgan fingerprint density at radius 2 is 1.86 bits per heavy atom. The van der Waals surface area contributed by atoms with Gasteiger partial charge in [-0.05, 0) is 48.5 Å². The minimum Gasteiger partial charge on any atom is -0.478 e. The van der Waals surface area contributed by atoms with Crippen LogP contribution in [-0.4, -0.2) is 17.9 Å². The molecule has 0 spiro atoms. The zero-order valence-corrected chi connectivity index (χ0v) is 15.5. The van der Waals surface area contributed by atoms with Crippen molar-refractivity contribution >= 4 is 29.1 Å². The molecule has 0 bridgehead atoms. The molecule has 2 amide bonds. The first-order valence-electron chi connectivity index (χ1n) is 8.76. The molecular formula is C21H17ClN2O4. The number of halogens is 1. The van der Waals surface area contributed by atoms with Crippen molar-refractivity contribution in [3.8, 4) is 17.1 Å². The van der Waals surface area contributed by atoms with Gasteiger partial charge in [0, 0.05) is 10.6 Å². The number of ether oxygens (including phenoxy) is 1. The fraction of sp³-hybridized carbons (Fsp3) is 0.143. The summed E-state index contributed by atoms with van der Waals surface area (Å²) in [6.45, 7) is 0.220. The number of rotatable bonds is 5. The van der Waals surface area contributed by atoms with Gasteiger partial charge in [-0.25, -0.2) is 0 Å². The minimum absolute atomic E-state index is 0.0785. The summed E-state index contributed by atoms with van der Waals surface area (Å²) < 4.78 is 11.4. The van der Waals surface area contributed by atoms with E-state index >= 15 is 0 Å². The van der Waals surface area contributed by atoms with E-state index in [-0.39, 0.29) is 24.8 Å². The van der Waals surface area contributed by atoms with Crippen molar-refractivity contribution in [2.45, 2.75) is 19.1 Å². The molecule has 3 aromatic rings. The maximum absolute atomic E-state index is 12.2. The van der Waals surface area contributed by atoms with E-state index in [2.05, 4.69) is 10.6 Å². The van der Waals surface area contributed by atoms with Gasteiger partial charge in [-0.2, -0.15) is 0 Å². The second-order valence-corrected chi connectivity index (χ2v) is 6.78. The van der Waals surface area contributed by atoms with Crippen LogP contribution in [-0.2, 0) is 16.1 Å². The number of furan rings is 1. The van der Waals surface area contributed by atoms with E-state index in [9.17, 15) is 9.59 Å². The Hall–Kier alpha value is -3.25. The average molecular weight is 397 g/mol. The molecule has 6 nitrogen and oxygen atoms in total. The summed E-state index contributed by atoms with van der Waals surface area (Å²) in [4.78, 5) is 24.3. The summed E-state index contributed by atoms with van der Waals surface area (Å²) in [5.74, 6) is 1.21.